The van der Waals surface area contributed by atoms with Gasteiger partial charge in [-0.05, 0) is 38.5 Å². The second kappa shape index (κ2) is 5.47. The first kappa shape index (κ1) is 16.6. The Kier molecular flexibility index (Phi) is 4.77. The van der Waals surface area contributed by atoms with Crippen molar-refractivity contribution in [3.05, 3.63) is 22.7 Å². The van der Waals surface area contributed by atoms with E-state index in [-0.39, 0.29) is 15.6 Å². The van der Waals surface area contributed by atoms with Gasteiger partial charge in [-0.2, -0.15) is 0 Å². The summed E-state index contributed by atoms with van der Waals surface area (Å²) < 4.78 is 48.3. The number of rotatable bonds is 4. The van der Waals surface area contributed by atoms with Crippen molar-refractivity contribution >= 4 is 47.0 Å². The topological polar surface area (TPSA) is 80.3 Å². The molecule has 0 saturated carbocycles. The molecule has 1 rings (SSSR count). The summed E-state index contributed by atoms with van der Waals surface area (Å²) in [6.45, 7) is 4.57. The van der Waals surface area contributed by atoms with Gasteiger partial charge < -0.3 is 0 Å². The van der Waals surface area contributed by atoms with E-state index in [1.54, 1.807) is 0 Å². The maximum Gasteiger partial charge on any atom is 0.261 e. The quantitative estimate of drug-likeness (QED) is 0.850. The Labute approximate surface area is 122 Å². The van der Waals surface area contributed by atoms with Crippen molar-refractivity contribution < 1.29 is 16.8 Å². The van der Waals surface area contributed by atoms with Crippen LogP contribution in [0, 0.1) is 6.92 Å². The first-order chi connectivity index (χ1) is 8.45. The summed E-state index contributed by atoms with van der Waals surface area (Å²) in [5.41, 5.74) is 0.524. The fraction of sp³-hybridized carbons (Fsp3) is 0.400. The van der Waals surface area contributed by atoms with Gasteiger partial charge >= 0.3 is 0 Å². The molecular formula is C10H13Cl2NO4S2. The molecule has 0 aliphatic heterocycles. The zero-order chi connectivity index (χ0) is 15.0. The van der Waals surface area contributed by atoms with Crippen LogP contribution in [0.1, 0.15) is 19.4 Å². The lowest BCUT2D eigenvalue weighted by Crippen LogP contribution is -2.23. The maximum absolute atomic E-state index is 11.8. The molecule has 1 N–H and O–H groups in total. The number of nitrogens with one attached hydrogen (secondary N) is 1. The van der Waals surface area contributed by atoms with Crippen LogP contribution < -0.4 is 4.72 Å². The van der Waals surface area contributed by atoms with E-state index < -0.39 is 24.3 Å². The zero-order valence-electron chi connectivity index (χ0n) is 10.4. The minimum Gasteiger partial charge on any atom is -0.282 e. The van der Waals surface area contributed by atoms with Crippen molar-refractivity contribution in [3.63, 3.8) is 0 Å². The van der Waals surface area contributed by atoms with Gasteiger partial charge in [-0.1, -0.05) is 11.6 Å². The summed E-state index contributed by atoms with van der Waals surface area (Å²) in [5.74, 6) is 0. The molecule has 108 valence electrons. The molecule has 0 spiro atoms. The van der Waals surface area contributed by atoms with Crippen molar-refractivity contribution in [1.29, 1.82) is 0 Å². The normalized spacial score (nSPS) is 12.7. The van der Waals surface area contributed by atoms with Crippen LogP contribution in [0.4, 0.5) is 5.69 Å². The smallest absolute Gasteiger partial charge is 0.261 e. The first-order valence-electron chi connectivity index (χ1n) is 5.21. The number of benzene rings is 1. The number of hydrogen-bond acceptors (Lipinski definition) is 4. The summed E-state index contributed by atoms with van der Waals surface area (Å²) in [6, 6.07) is 2.36. The van der Waals surface area contributed by atoms with Gasteiger partial charge in [0.25, 0.3) is 9.05 Å². The molecule has 1 aromatic carbocycles. The van der Waals surface area contributed by atoms with Crippen molar-refractivity contribution in [2.45, 2.75) is 30.9 Å². The van der Waals surface area contributed by atoms with Crippen LogP contribution in [-0.2, 0) is 19.1 Å². The summed E-state index contributed by atoms with van der Waals surface area (Å²) in [4.78, 5) is -0.177. The number of aryl methyl sites for hydroxylation is 1. The lowest BCUT2D eigenvalue weighted by Gasteiger charge is -2.15. The molecular weight excluding hydrogens is 333 g/mol. The molecule has 0 bridgehead atoms. The summed E-state index contributed by atoms with van der Waals surface area (Å²) in [6.07, 6.45) is 0. The molecule has 0 heterocycles. The predicted octanol–water partition coefficient (Wildman–Crippen LogP) is 2.73. The highest BCUT2D eigenvalue weighted by molar-refractivity contribution is 8.13. The Morgan fingerprint density at radius 3 is 2.05 bits per heavy atom. The number of anilines is 1. The molecule has 0 fully saturated rings. The van der Waals surface area contributed by atoms with E-state index in [9.17, 15) is 16.8 Å². The van der Waals surface area contributed by atoms with Gasteiger partial charge in [-0.3, -0.25) is 4.72 Å². The van der Waals surface area contributed by atoms with Crippen molar-refractivity contribution in [3.8, 4) is 0 Å². The van der Waals surface area contributed by atoms with E-state index in [1.165, 1.54) is 26.8 Å². The monoisotopic (exact) mass is 345 g/mol. The van der Waals surface area contributed by atoms with Crippen LogP contribution in [-0.4, -0.2) is 22.1 Å². The van der Waals surface area contributed by atoms with E-state index in [1.807, 2.05) is 0 Å². The van der Waals surface area contributed by atoms with Crippen molar-refractivity contribution in [1.82, 2.24) is 0 Å². The molecule has 0 amide bonds. The lowest BCUT2D eigenvalue weighted by molar-refractivity contribution is 0.592. The fourth-order valence-electron chi connectivity index (χ4n) is 1.24. The van der Waals surface area contributed by atoms with E-state index in [0.717, 1.165) is 6.07 Å². The molecule has 0 radical (unpaired) electrons. The molecule has 19 heavy (non-hydrogen) atoms. The highest BCUT2D eigenvalue weighted by atomic mass is 35.7. The van der Waals surface area contributed by atoms with E-state index >= 15 is 0 Å². The van der Waals surface area contributed by atoms with Crippen molar-refractivity contribution in [2.75, 3.05) is 4.72 Å². The van der Waals surface area contributed by atoms with Crippen LogP contribution in [0.5, 0.6) is 0 Å². The lowest BCUT2D eigenvalue weighted by atomic mass is 10.2. The summed E-state index contributed by atoms with van der Waals surface area (Å²) >= 11 is 5.90. The zero-order valence-corrected chi connectivity index (χ0v) is 13.6. The second-order valence-electron chi connectivity index (χ2n) is 4.23. The van der Waals surface area contributed by atoms with Gasteiger partial charge in [0, 0.05) is 10.7 Å². The molecule has 9 heteroatoms. The van der Waals surface area contributed by atoms with Crippen LogP contribution >= 0.6 is 22.3 Å². The molecule has 0 aliphatic rings. The largest absolute Gasteiger partial charge is 0.282 e. The number of halogens is 2. The Morgan fingerprint density at radius 1 is 1.16 bits per heavy atom. The van der Waals surface area contributed by atoms with Crippen LogP contribution in [0.3, 0.4) is 0 Å². The standard InChI is InChI=1S/C10H13Cl2NO4S2/c1-6(2)19(16,17)13-10-7(3)4-8(5-9(10)11)18(12,14)15/h4-6,13H,1-3H3. The van der Waals surface area contributed by atoms with E-state index in [2.05, 4.69) is 4.72 Å². The van der Waals surface area contributed by atoms with Crippen LogP contribution in [0.25, 0.3) is 0 Å². The molecule has 0 aliphatic carbocycles. The highest BCUT2D eigenvalue weighted by Gasteiger charge is 2.20. The molecule has 0 atom stereocenters. The maximum atomic E-state index is 11.8. The Hall–Kier alpha value is -0.500. The molecule has 5 nitrogen and oxygen atoms in total. The van der Waals surface area contributed by atoms with Gasteiger partial charge in [0.1, 0.15) is 0 Å². The van der Waals surface area contributed by atoms with Gasteiger partial charge in [0.2, 0.25) is 10.0 Å². The van der Waals surface area contributed by atoms with Gasteiger partial charge in [0.15, 0.2) is 0 Å². The third-order valence-corrected chi connectivity index (χ3v) is 5.77. The van der Waals surface area contributed by atoms with Gasteiger partial charge in [-0.25, -0.2) is 16.8 Å². The molecule has 0 aromatic heterocycles. The highest BCUT2D eigenvalue weighted by Crippen LogP contribution is 2.31. The second-order valence-corrected chi connectivity index (χ2v) is 9.44. The third kappa shape index (κ3) is 3.98. The Balaban J connectivity index is 3.35. The Bertz CT molecular complexity index is 673. The molecule has 0 unspecified atom stereocenters. The summed E-state index contributed by atoms with van der Waals surface area (Å²) in [7, 11) is -2.26. The van der Waals surface area contributed by atoms with E-state index in [0.29, 0.717) is 5.56 Å². The van der Waals surface area contributed by atoms with E-state index in [4.69, 9.17) is 22.3 Å². The SMILES string of the molecule is Cc1cc(S(=O)(=O)Cl)cc(Cl)c1NS(=O)(=O)C(C)C. The minimum absolute atomic E-state index is 0.0246. The van der Waals surface area contributed by atoms with Crippen LogP contribution in [0.2, 0.25) is 5.02 Å². The number of hydrogen-bond donors (Lipinski definition) is 1. The molecule has 0 saturated heterocycles. The minimum atomic E-state index is -3.91. The van der Waals surface area contributed by atoms with Crippen molar-refractivity contribution in [2.24, 2.45) is 0 Å². The number of sulfonamides is 1. The van der Waals surface area contributed by atoms with Gasteiger partial charge in [0.05, 0.1) is 20.9 Å². The van der Waals surface area contributed by atoms with Gasteiger partial charge in [-0.15, -0.1) is 0 Å². The predicted molar refractivity (Wildman–Crippen MR) is 76.9 cm³/mol. The fourth-order valence-corrected chi connectivity index (χ4v) is 3.31. The Morgan fingerprint density at radius 2 is 1.68 bits per heavy atom. The van der Waals surface area contributed by atoms with Crippen LogP contribution in [0.15, 0.2) is 17.0 Å². The average molecular weight is 346 g/mol. The summed E-state index contributed by atoms with van der Waals surface area (Å²) in [5, 5.41) is -0.664. The average Bonchev–Trinajstić information content (AvgIpc) is 2.21. The molecule has 1 aromatic rings. The third-order valence-electron chi connectivity index (χ3n) is 2.41. The first-order valence-corrected chi connectivity index (χ1v) is 9.45.